The Morgan fingerprint density at radius 1 is 1.16 bits per heavy atom. The van der Waals surface area contributed by atoms with Crippen LogP contribution in [0.2, 0.25) is 10.0 Å². The molecule has 1 N–H and O–H groups in total. The Morgan fingerprint density at radius 2 is 1.96 bits per heavy atom. The van der Waals surface area contributed by atoms with E-state index in [2.05, 4.69) is 15.6 Å². The second-order valence-corrected chi connectivity index (χ2v) is 6.12. The second-order valence-electron chi connectivity index (χ2n) is 5.27. The van der Waals surface area contributed by atoms with E-state index in [0.717, 1.165) is 5.56 Å². The summed E-state index contributed by atoms with van der Waals surface area (Å²) in [7, 11) is 0. The molecule has 3 rings (SSSR count). The summed E-state index contributed by atoms with van der Waals surface area (Å²) in [6.45, 7) is 0.619. The Bertz CT molecular complexity index is 906. The number of carbonyl (C=O) groups is 1. The van der Waals surface area contributed by atoms with Crippen LogP contribution >= 0.6 is 23.2 Å². The van der Waals surface area contributed by atoms with E-state index < -0.39 is 0 Å². The number of nitrogens with zero attached hydrogens (tertiary/aromatic N) is 3. The molecule has 0 unspecified atom stereocenters. The Kier molecular flexibility index (Phi) is 5.48. The van der Waals surface area contributed by atoms with Crippen molar-refractivity contribution >= 4 is 40.9 Å². The number of amides is 1. The van der Waals surface area contributed by atoms with Crippen LogP contribution < -0.4 is 5.32 Å². The molecule has 1 heterocycles. The molecule has 0 saturated carbocycles. The van der Waals surface area contributed by atoms with Crippen LogP contribution in [-0.2, 0) is 11.3 Å². The van der Waals surface area contributed by atoms with Gasteiger partial charge in [-0.2, -0.15) is 0 Å². The highest BCUT2D eigenvalue weighted by Crippen LogP contribution is 2.25. The van der Waals surface area contributed by atoms with E-state index >= 15 is 0 Å². The first-order valence-corrected chi connectivity index (χ1v) is 8.24. The molecule has 25 heavy (non-hydrogen) atoms. The molecule has 1 amide bonds. The van der Waals surface area contributed by atoms with Crippen LogP contribution in [0.4, 0.5) is 5.69 Å². The standard InChI is InChI=1S/C18H14Cl2N4O/c19-14-6-8-17(16(20)10-14)21-18(25)9-7-15-12-24(23-22-15)11-13-4-2-1-3-5-13/h1-10,12H,11H2,(H,21,25)/b9-7+. The Balaban J connectivity index is 1.61. The van der Waals surface area contributed by atoms with Crippen LogP contribution in [0.1, 0.15) is 11.3 Å². The quantitative estimate of drug-likeness (QED) is 0.679. The highest BCUT2D eigenvalue weighted by molar-refractivity contribution is 6.36. The van der Waals surface area contributed by atoms with Crippen molar-refractivity contribution < 1.29 is 4.79 Å². The predicted molar refractivity (Wildman–Crippen MR) is 99.7 cm³/mol. The van der Waals surface area contributed by atoms with Gasteiger partial charge < -0.3 is 5.32 Å². The summed E-state index contributed by atoms with van der Waals surface area (Å²) in [5, 5.41) is 11.6. The molecule has 5 nitrogen and oxygen atoms in total. The van der Waals surface area contributed by atoms with Gasteiger partial charge in [0.15, 0.2) is 0 Å². The summed E-state index contributed by atoms with van der Waals surface area (Å²) >= 11 is 11.8. The van der Waals surface area contributed by atoms with E-state index in [9.17, 15) is 4.79 Å². The Hall–Kier alpha value is -2.63. The molecule has 0 aliphatic carbocycles. The van der Waals surface area contributed by atoms with Crippen molar-refractivity contribution in [3.05, 3.63) is 82.1 Å². The molecule has 0 aliphatic rings. The SMILES string of the molecule is O=C(/C=C/c1cn(Cc2ccccc2)nn1)Nc1ccc(Cl)cc1Cl. The molecule has 7 heteroatoms. The number of nitrogens with one attached hydrogen (secondary N) is 1. The zero-order chi connectivity index (χ0) is 17.6. The van der Waals surface area contributed by atoms with Crippen LogP contribution in [-0.4, -0.2) is 20.9 Å². The first kappa shape index (κ1) is 17.2. The fourth-order valence-corrected chi connectivity index (χ4v) is 2.62. The predicted octanol–water partition coefficient (Wildman–Crippen LogP) is 4.29. The normalized spacial score (nSPS) is 11.0. The van der Waals surface area contributed by atoms with Gasteiger partial charge in [0.05, 0.1) is 23.5 Å². The minimum atomic E-state index is -0.318. The van der Waals surface area contributed by atoms with Crippen molar-refractivity contribution in [2.75, 3.05) is 5.32 Å². The number of hydrogen-bond donors (Lipinski definition) is 1. The van der Waals surface area contributed by atoms with Crippen molar-refractivity contribution in [3.63, 3.8) is 0 Å². The molecule has 0 saturated heterocycles. The first-order chi connectivity index (χ1) is 12.1. The lowest BCUT2D eigenvalue weighted by Crippen LogP contribution is -2.08. The average Bonchev–Trinajstić information content (AvgIpc) is 3.04. The number of aromatic nitrogens is 3. The number of halogens is 2. The third-order valence-electron chi connectivity index (χ3n) is 3.34. The molecular weight excluding hydrogens is 359 g/mol. The summed E-state index contributed by atoms with van der Waals surface area (Å²) in [6.07, 6.45) is 4.74. The largest absolute Gasteiger partial charge is 0.321 e. The summed E-state index contributed by atoms with van der Waals surface area (Å²) in [5.74, 6) is -0.318. The molecule has 126 valence electrons. The first-order valence-electron chi connectivity index (χ1n) is 7.48. The highest BCUT2D eigenvalue weighted by Gasteiger charge is 2.04. The van der Waals surface area contributed by atoms with Gasteiger partial charge in [0.25, 0.3) is 0 Å². The molecule has 0 fully saturated rings. The maximum absolute atomic E-state index is 12.0. The minimum Gasteiger partial charge on any atom is -0.321 e. The number of anilines is 1. The highest BCUT2D eigenvalue weighted by atomic mass is 35.5. The van der Waals surface area contributed by atoms with Crippen LogP contribution in [0, 0.1) is 0 Å². The molecule has 0 spiro atoms. The Morgan fingerprint density at radius 3 is 2.72 bits per heavy atom. The smallest absolute Gasteiger partial charge is 0.248 e. The summed E-state index contributed by atoms with van der Waals surface area (Å²) in [4.78, 5) is 12.0. The van der Waals surface area contributed by atoms with Gasteiger partial charge in [-0.25, -0.2) is 4.68 Å². The molecule has 0 atom stereocenters. The second kappa shape index (κ2) is 7.96. The van der Waals surface area contributed by atoms with Gasteiger partial charge in [0.2, 0.25) is 5.91 Å². The topological polar surface area (TPSA) is 59.8 Å². The van der Waals surface area contributed by atoms with Crippen LogP contribution in [0.3, 0.4) is 0 Å². The summed E-state index contributed by atoms with van der Waals surface area (Å²) in [6, 6.07) is 14.8. The van der Waals surface area contributed by atoms with Crippen molar-refractivity contribution in [1.82, 2.24) is 15.0 Å². The number of hydrogen-bond acceptors (Lipinski definition) is 3. The van der Waals surface area contributed by atoms with Gasteiger partial charge in [-0.3, -0.25) is 4.79 Å². The van der Waals surface area contributed by atoms with Gasteiger partial charge in [-0.15, -0.1) is 5.10 Å². The van der Waals surface area contributed by atoms with E-state index in [1.807, 2.05) is 30.3 Å². The maximum atomic E-state index is 12.0. The molecule has 3 aromatic rings. The van der Waals surface area contributed by atoms with Crippen molar-refractivity contribution in [2.45, 2.75) is 6.54 Å². The molecule has 0 bridgehead atoms. The lowest BCUT2D eigenvalue weighted by molar-refractivity contribution is -0.111. The average molecular weight is 373 g/mol. The third-order valence-corrected chi connectivity index (χ3v) is 3.89. The van der Waals surface area contributed by atoms with Crippen LogP contribution in [0.25, 0.3) is 6.08 Å². The Labute approximate surface area is 154 Å². The van der Waals surface area contributed by atoms with Gasteiger partial charge >= 0.3 is 0 Å². The van der Waals surface area contributed by atoms with Gasteiger partial charge in [0, 0.05) is 11.1 Å². The van der Waals surface area contributed by atoms with E-state index in [1.54, 1.807) is 35.2 Å². The fraction of sp³-hybridized carbons (Fsp3) is 0.0556. The lowest BCUT2D eigenvalue weighted by Gasteiger charge is -2.04. The minimum absolute atomic E-state index is 0.318. The van der Waals surface area contributed by atoms with E-state index in [0.29, 0.717) is 28.0 Å². The molecular formula is C18H14Cl2N4O. The van der Waals surface area contributed by atoms with Gasteiger partial charge in [-0.1, -0.05) is 58.7 Å². The van der Waals surface area contributed by atoms with Gasteiger partial charge in [-0.05, 0) is 29.8 Å². The molecule has 0 radical (unpaired) electrons. The lowest BCUT2D eigenvalue weighted by atomic mass is 10.2. The molecule has 1 aromatic heterocycles. The van der Waals surface area contributed by atoms with Crippen LogP contribution in [0.5, 0.6) is 0 Å². The van der Waals surface area contributed by atoms with E-state index in [1.165, 1.54) is 6.08 Å². The maximum Gasteiger partial charge on any atom is 0.248 e. The summed E-state index contributed by atoms with van der Waals surface area (Å²) in [5.41, 5.74) is 2.21. The number of benzene rings is 2. The monoisotopic (exact) mass is 372 g/mol. The number of carbonyl (C=O) groups excluding carboxylic acids is 1. The van der Waals surface area contributed by atoms with Crippen molar-refractivity contribution in [3.8, 4) is 0 Å². The summed E-state index contributed by atoms with van der Waals surface area (Å²) < 4.78 is 1.71. The zero-order valence-corrected chi connectivity index (χ0v) is 14.6. The zero-order valence-electron chi connectivity index (χ0n) is 13.1. The third kappa shape index (κ3) is 4.92. The number of rotatable bonds is 5. The fourth-order valence-electron chi connectivity index (χ4n) is 2.16. The van der Waals surface area contributed by atoms with Crippen molar-refractivity contribution in [1.29, 1.82) is 0 Å². The van der Waals surface area contributed by atoms with E-state index in [4.69, 9.17) is 23.2 Å². The molecule has 2 aromatic carbocycles. The molecule has 0 aliphatic heterocycles. The van der Waals surface area contributed by atoms with Crippen molar-refractivity contribution in [2.24, 2.45) is 0 Å². The van der Waals surface area contributed by atoms with Gasteiger partial charge in [0.1, 0.15) is 5.69 Å². The van der Waals surface area contributed by atoms with Crippen LogP contribution in [0.15, 0.2) is 60.8 Å². The van der Waals surface area contributed by atoms with E-state index in [-0.39, 0.29) is 5.91 Å².